The summed E-state index contributed by atoms with van der Waals surface area (Å²) in [6.45, 7) is 3.98. The quantitative estimate of drug-likeness (QED) is 0.653. The molecule has 0 aromatic heterocycles. The highest BCUT2D eigenvalue weighted by molar-refractivity contribution is 7.97. The van der Waals surface area contributed by atoms with Crippen LogP contribution in [0.5, 0.6) is 5.75 Å². The average molecular weight is 367 g/mol. The second-order valence-corrected chi connectivity index (χ2v) is 9.43. The van der Waals surface area contributed by atoms with Gasteiger partial charge < -0.3 is 9.66 Å². The third-order valence-electron chi connectivity index (χ3n) is 3.86. The summed E-state index contributed by atoms with van der Waals surface area (Å²) in [5.74, 6) is 3.17. The highest BCUT2D eigenvalue weighted by Crippen LogP contribution is 2.29. The van der Waals surface area contributed by atoms with Gasteiger partial charge in [-0.15, -0.1) is 0 Å². The zero-order valence-corrected chi connectivity index (χ0v) is 15.5. The standard InChI is InChI=1S/C12H16OS.C6H6O3S/c1-9-7-11(8-10(2)12(9)13)14-5-3-4-6-14;7-10(8,9)6-4-2-1-3-5-6/h7-8H,3-6H2,1-2H3;1-5H,(H,7,8,9). The molecule has 6 heteroatoms. The molecule has 1 fully saturated rings. The summed E-state index contributed by atoms with van der Waals surface area (Å²) in [5, 5.41) is 9.68. The van der Waals surface area contributed by atoms with E-state index in [0.29, 0.717) is 16.6 Å². The van der Waals surface area contributed by atoms with Crippen LogP contribution in [0.4, 0.5) is 0 Å². The van der Waals surface area contributed by atoms with Crippen molar-refractivity contribution in [2.75, 3.05) is 11.5 Å². The Balaban J connectivity index is 0.000000185. The van der Waals surface area contributed by atoms with Gasteiger partial charge in [0.15, 0.2) is 4.90 Å². The van der Waals surface area contributed by atoms with Crippen LogP contribution in [0.15, 0.2) is 52.3 Å². The normalized spacial score (nSPS) is 15.0. The molecule has 0 saturated carbocycles. The van der Waals surface area contributed by atoms with Gasteiger partial charge in [0, 0.05) is 10.9 Å². The first-order valence-corrected chi connectivity index (χ1v) is 10.7. The highest BCUT2D eigenvalue weighted by Gasteiger charge is 2.27. The Morgan fingerprint density at radius 2 is 1.50 bits per heavy atom. The van der Waals surface area contributed by atoms with Crippen LogP contribution < -0.4 is 0 Å². The minimum Gasteiger partial charge on any atom is -0.744 e. The summed E-state index contributed by atoms with van der Waals surface area (Å²) in [7, 11) is -3.78. The maximum Gasteiger partial charge on any atom is 0.155 e. The van der Waals surface area contributed by atoms with Crippen molar-refractivity contribution in [3.05, 3.63) is 53.6 Å². The van der Waals surface area contributed by atoms with Gasteiger partial charge in [0.05, 0.1) is 4.90 Å². The van der Waals surface area contributed by atoms with Crippen LogP contribution in [0.3, 0.4) is 0 Å². The van der Waals surface area contributed by atoms with Crippen molar-refractivity contribution >= 4 is 21.0 Å². The lowest BCUT2D eigenvalue weighted by molar-refractivity contribution is 0.463. The van der Waals surface area contributed by atoms with E-state index < -0.39 is 10.1 Å². The Labute approximate surface area is 146 Å². The van der Waals surface area contributed by atoms with E-state index in [0.717, 1.165) is 11.1 Å². The van der Waals surface area contributed by atoms with Crippen molar-refractivity contribution < 1.29 is 18.1 Å². The number of benzene rings is 2. The fourth-order valence-electron chi connectivity index (χ4n) is 2.56. The number of hydrogen-bond donors (Lipinski definition) is 1. The van der Waals surface area contributed by atoms with Crippen LogP contribution in [0, 0.1) is 13.8 Å². The Bertz CT molecular complexity index is 757. The summed E-state index contributed by atoms with van der Waals surface area (Å²) >= 11 is 0. The van der Waals surface area contributed by atoms with E-state index in [-0.39, 0.29) is 4.90 Å². The van der Waals surface area contributed by atoms with Gasteiger partial charge in [0.2, 0.25) is 0 Å². The first kappa shape index (κ1) is 18.8. The summed E-state index contributed by atoms with van der Waals surface area (Å²) in [6.07, 6.45) is 2.75. The molecule has 4 nitrogen and oxygen atoms in total. The van der Waals surface area contributed by atoms with Gasteiger partial charge in [0.1, 0.15) is 27.4 Å². The van der Waals surface area contributed by atoms with E-state index in [1.807, 2.05) is 13.8 Å². The topological polar surface area (TPSA) is 77.4 Å². The molecule has 0 amide bonds. The van der Waals surface area contributed by atoms with Crippen molar-refractivity contribution in [3.63, 3.8) is 0 Å². The number of aromatic hydroxyl groups is 1. The van der Waals surface area contributed by atoms with E-state index in [1.54, 1.807) is 6.07 Å². The van der Waals surface area contributed by atoms with Gasteiger partial charge in [0.25, 0.3) is 0 Å². The molecule has 0 spiro atoms. The zero-order chi connectivity index (χ0) is 17.7. The molecule has 0 unspecified atom stereocenters. The largest absolute Gasteiger partial charge is 0.744 e. The minimum atomic E-state index is -4.25. The Morgan fingerprint density at radius 1 is 1.00 bits per heavy atom. The zero-order valence-electron chi connectivity index (χ0n) is 13.9. The minimum absolute atomic E-state index is 0.185. The molecule has 1 N–H and O–H groups in total. The Kier molecular flexibility index (Phi) is 6.32. The molecule has 0 aliphatic carbocycles. The first-order chi connectivity index (χ1) is 11.3. The van der Waals surface area contributed by atoms with Gasteiger partial charge in [-0.1, -0.05) is 18.2 Å². The predicted octanol–water partition coefficient (Wildman–Crippen LogP) is 3.37. The van der Waals surface area contributed by atoms with Gasteiger partial charge in [-0.2, -0.15) is 0 Å². The number of phenolic OH excluding ortho intramolecular Hbond substituents is 1. The lowest BCUT2D eigenvalue weighted by Crippen LogP contribution is -2.04. The predicted molar refractivity (Wildman–Crippen MR) is 96.6 cm³/mol. The van der Waals surface area contributed by atoms with Crippen LogP contribution in [0.2, 0.25) is 0 Å². The molecule has 3 rings (SSSR count). The van der Waals surface area contributed by atoms with Crippen molar-refractivity contribution in [1.82, 2.24) is 0 Å². The monoisotopic (exact) mass is 366 g/mol. The van der Waals surface area contributed by atoms with Crippen LogP contribution in [0.1, 0.15) is 24.0 Å². The van der Waals surface area contributed by atoms with Crippen LogP contribution in [0.25, 0.3) is 0 Å². The highest BCUT2D eigenvalue weighted by atomic mass is 32.2. The molecule has 1 aliphatic rings. The first-order valence-electron chi connectivity index (χ1n) is 7.77. The molecule has 1 saturated heterocycles. The van der Waals surface area contributed by atoms with Crippen molar-refractivity contribution in [2.24, 2.45) is 0 Å². The van der Waals surface area contributed by atoms with Gasteiger partial charge in [-0.3, -0.25) is 0 Å². The Hall–Kier alpha value is -1.50. The SMILES string of the molecule is Cc1cc([S+]2CCCC2)cc(C)c1O.O=S(=O)([O-])c1ccccc1. The third kappa shape index (κ3) is 5.00. The van der Waals surface area contributed by atoms with Gasteiger partial charge in [-0.25, -0.2) is 8.42 Å². The maximum absolute atomic E-state index is 10.3. The molecule has 0 bridgehead atoms. The summed E-state index contributed by atoms with van der Waals surface area (Å²) < 4.78 is 30.8. The molecule has 0 atom stereocenters. The summed E-state index contributed by atoms with van der Waals surface area (Å²) in [5.41, 5.74) is 2.05. The lowest BCUT2D eigenvalue weighted by Gasteiger charge is -2.06. The second-order valence-electron chi connectivity index (χ2n) is 5.78. The average Bonchev–Trinajstić information content (AvgIpc) is 3.07. The van der Waals surface area contributed by atoms with Crippen LogP contribution in [-0.4, -0.2) is 29.6 Å². The Morgan fingerprint density at radius 3 is 1.92 bits per heavy atom. The second kappa shape index (κ2) is 8.05. The number of hydrogen-bond acceptors (Lipinski definition) is 4. The molecule has 130 valence electrons. The molecule has 2 aromatic carbocycles. The van der Waals surface area contributed by atoms with E-state index in [4.69, 9.17) is 0 Å². The fraction of sp³-hybridized carbons (Fsp3) is 0.333. The fourth-order valence-corrected chi connectivity index (χ4v) is 5.52. The van der Waals surface area contributed by atoms with Gasteiger partial charge >= 0.3 is 0 Å². The molecule has 0 radical (unpaired) electrons. The number of phenols is 1. The van der Waals surface area contributed by atoms with E-state index >= 15 is 0 Å². The van der Waals surface area contributed by atoms with Crippen molar-refractivity contribution in [1.29, 1.82) is 0 Å². The van der Waals surface area contributed by atoms with E-state index in [2.05, 4.69) is 12.1 Å². The summed E-state index contributed by atoms with van der Waals surface area (Å²) in [4.78, 5) is 1.27. The number of rotatable bonds is 2. The molecular formula is C18H22O4S2. The molecule has 24 heavy (non-hydrogen) atoms. The van der Waals surface area contributed by atoms with E-state index in [9.17, 15) is 18.1 Å². The smallest absolute Gasteiger partial charge is 0.155 e. The maximum atomic E-state index is 10.3. The summed E-state index contributed by atoms with van der Waals surface area (Å²) in [6, 6.07) is 11.5. The lowest BCUT2D eigenvalue weighted by atomic mass is 10.1. The molecule has 1 heterocycles. The third-order valence-corrected chi connectivity index (χ3v) is 7.18. The van der Waals surface area contributed by atoms with Crippen LogP contribution in [-0.2, 0) is 21.0 Å². The molecule has 1 aliphatic heterocycles. The molecule has 2 aromatic rings. The van der Waals surface area contributed by atoms with Crippen LogP contribution >= 0.6 is 0 Å². The van der Waals surface area contributed by atoms with Gasteiger partial charge in [-0.05, 0) is 62.1 Å². The molecular weight excluding hydrogens is 344 g/mol. The van der Waals surface area contributed by atoms with Crippen molar-refractivity contribution in [2.45, 2.75) is 36.5 Å². The van der Waals surface area contributed by atoms with Crippen molar-refractivity contribution in [3.8, 4) is 5.75 Å². The number of aryl methyl sites for hydroxylation is 2. The van der Waals surface area contributed by atoms with E-state index in [1.165, 1.54) is 53.5 Å².